The molecule has 1 heterocycles. The highest BCUT2D eigenvalue weighted by Gasteiger charge is 2.41. The fourth-order valence-electron chi connectivity index (χ4n) is 3.42. The Hall–Kier alpha value is -2.66. The van der Waals surface area contributed by atoms with Gasteiger partial charge in [0.2, 0.25) is 5.91 Å². The van der Waals surface area contributed by atoms with Crippen LogP contribution in [0.1, 0.15) is 29.5 Å². The van der Waals surface area contributed by atoms with Crippen molar-refractivity contribution in [3.63, 3.8) is 0 Å². The van der Waals surface area contributed by atoms with Gasteiger partial charge in [-0.3, -0.25) is 9.59 Å². The van der Waals surface area contributed by atoms with E-state index in [1.165, 1.54) is 0 Å². The van der Waals surface area contributed by atoms with Crippen LogP contribution < -0.4 is 5.32 Å². The highest BCUT2D eigenvalue weighted by Crippen LogP contribution is 2.36. The van der Waals surface area contributed by atoms with E-state index >= 15 is 0 Å². The molecule has 0 aliphatic carbocycles. The number of carboxylic acid groups (broad SMARTS) is 1. The molecule has 136 valence electrons. The Morgan fingerprint density at radius 2 is 1.81 bits per heavy atom. The van der Waals surface area contributed by atoms with E-state index in [2.05, 4.69) is 5.32 Å². The second-order valence-electron chi connectivity index (χ2n) is 6.79. The molecule has 1 aliphatic rings. The van der Waals surface area contributed by atoms with Crippen molar-refractivity contribution in [2.75, 3.05) is 18.5 Å². The van der Waals surface area contributed by atoms with Crippen LogP contribution in [0.25, 0.3) is 0 Å². The molecule has 2 aromatic carbocycles. The van der Waals surface area contributed by atoms with Gasteiger partial charge in [0.25, 0.3) is 0 Å². The molecule has 3 rings (SSSR count). The van der Waals surface area contributed by atoms with Crippen molar-refractivity contribution in [3.8, 4) is 0 Å². The number of amides is 1. The van der Waals surface area contributed by atoms with Gasteiger partial charge in [-0.2, -0.15) is 0 Å². The summed E-state index contributed by atoms with van der Waals surface area (Å²) in [4.78, 5) is 24.1. The van der Waals surface area contributed by atoms with Gasteiger partial charge in [-0.05, 0) is 43.0 Å². The fourth-order valence-corrected chi connectivity index (χ4v) is 3.42. The molecule has 0 bridgehead atoms. The molecule has 0 spiro atoms. The minimum atomic E-state index is -0.894. The molecule has 2 aromatic rings. The third-order valence-corrected chi connectivity index (χ3v) is 4.93. The summed E-state index contributed by atoms with van der Waals surface area (Å²) < 4.78 is 5.49. The van der Waals surface area contributed by atoms with Crippen molar-refractivity contribution < 1.29 is 19.4 Å². The number of nitrogens with one attached hydrogen (secondary N) is 1. The number of carbonyl (C=O) groups excluding carboxylic acids is 1. The molecule has 2 N–H and O–H groups in total. The average molecular weight is 353 g/mol. The third kappa shape index (κ3) is 3.94. The monoisotopic (exact) mass is 353 g/mol. The maximum absolute atomic E-state index is 13.2. The number of hydrogen-bond donors (Lipinski definition) is 2. The predicted octanol–water partition coefficient (Wildman–Crippen LogP) is 3.31. The van der Waals surface area contributed by atoms with E-state index in [-0.39, 0.29) is 12.3 Å². The van der Waals surface area contributed by atoms with E-state index in [1.807, 2.05) is 31.2 Å². The first-order valence-corrected chi connectivity index (χ1v) is 8.77. The van der Waals surface area contributed by atoms with E-state index in [0.717, 1.165) is 11.1 Å². The first-order chi connectivity index (χ1) is 12.5. The van der Waals surface area contributed by atoms with E-state index in [1.54, 1.807) is 24.3 Å². The number of benzene rings is 2. The molecule has 5 heteroatoms. The van der Waals surface area contributed by atoms with Gasteiger partial charge >= 0.3 is 5.97 Å². The number of hydrogen-bond acceptors (Lipinski definition) is 3. The van der Waals surface area contributed by atoms with Gasteiger partial charge in [0.05, 0.1) is 11.8 Å². The van der Waals surface area contributed by atoms with Gasteiger partial charge in [0, 0.05) is 18.9 Å². The van der Waals surface area contributed by atoms with Crippen molar-refractivity contribution in [2.24, 2.45) is 0 Å². The largest absolute Gasteiger partial charge is 0.481 e. The Labute approximate surface area is 153 Å². The van der Waals surface area contributed by atoms with Crippen LogP contribution in [0.5, 0.6) is 0 Å². The van der Waals surface area contributed by atoms with Crippen molar-refractivity contribution in [1.82, 2.24) is 0 Å². The van der Waals surface area contributed by atoms with Crippen LogP contribution in [-0.4, -0.2) is 30.2 Å². The summed E-state index contributed by atoms with van der Waals surface area (Å²) in [5.74, 6) is -0.967. The molecule has 1 fully saturated rings. The lowest BCUT2D eigenvalue weighted by atomic mass is 9.73. The number of anilines is 1. The van der Waals surface area contributed by atoms with E-state index in [9.17, 15) is 9.59 Å². The van der Waals surface area contributed by atoms with Crippen LogP contribution in [0.4, 0.5) is 5.69 Å². The van der Waals surface area contributed by atoms with Crippen LogP contribution in [0.3, 0.4) is 0 Å². The summed E-state index contributed by atoms with van der Waals surface area (Å²) in [6.07, 6.45) is 1.17. The Balaban J connectivity index is 1.87. The highest BCUT2D eigenvalue weighted by atomic mass is 16.5. The van der Waals surface area contributed by atoms with Gasteiger partial charge < -0.3 is 15.2 Å². The van der Waals surface area contributed by atoms with Crippen LogP contribution in [0.15, 0.2) is 48.5 Å². The standard InChI is InChI=1S/C21H23NO4/c1-15-5-7-17(8-6-15)21(9-11-26-12-10-21)20(25)22-18-4-2-3-16(13-18)14-19(23)24/h2-8,13H,9-12,14H2,1H3,(H,22,25)(H,23,24). The zero-order chi connectivity index (χ0) is 18.6. The van der Waals surface area contributed by atoms with Crippen LogP contribution in [-0.2, 0) is 26.2 Å². The van der Waals surface area contributed by atoms with E-state index in [0.29, 0.717) is 37.3 Å². The normalized spacial score (nSPS) is 16.0. The lowest BCUT2D eigenvalue weighted by Gasteiger charge is -2.36. The number of ether oxygens (including phenoxy) is 1. The maximum atomic E-state index is 13.2. The first kappa shape index (κ1) is 18.1. The second kappa shape index (κ2) is 7.70. The molecular weight excluding hydrogens is 330 g/mol. The Kier molecular flexibility index (Phi) is 5.38. The van der Waals surface area contributed by atoms with Crippen LogP contribution in [0, 0.1) is 6.92 Å². The number of aryl methyl sites for hydroxylation is 1. The average Bonchev–Trinajstić information content (AvgIpc) is 2.62. The van der Waals surface area contributed by atoms with Crippen LogP contribution >= 0.6 is 0 Å². The van der Waals surface area contributed by atoms with Crippen molar-refractivity contribution >= 4 is 17.6 Å². The highest BCUT2D eigenvalue weighted by molar-refractivity contribution is 5.99. The van der Waals surface area contributed by atoms with Crippen molar-refractivity contribution in [2.45, 2.75) is 31.6 Å². The van der Waals surface area contributed by atoms with Gasteiger partial charge in [0.1, 0.15) is 0 Å². The Morgan fingerprint density at radius 3 is 2.46 bits per heavy atom. The van der Waals surface area contributed by atoms with Crippen molar-refractivity contribution in [3.05, 3.63) is 65.2 Å². The number of carboxylic acids is 1. The summed E-state index contributed by atoms with van der Waals surface area (Å²) >= 11 is 0. The summed E-state index contributed by atoms with van der Waals surface area (Å²) in [7, 11) is 0. The van der Waals surface area contributed by atoms with Gasteiger partial charge in [-0.1, -0.05) is 42.0 Å². The number of rotatable bonds is 5. The molecule has 5 nitrogen and oxygen atoms in total. The Morgan fingerprint density at radius 1 is 1.12 bits per heavy atom. The zero-order valence-electron chi connectivity index (χ0n) is 14.8. The van der Waals surface area contributed by atoms with E-state index < -0.39 is 11.4 Å². The minimum Gasteiger partial charge on any atom is -0.481 e. The number of carbonyl (C=O) groups is 2. The smallest absolute Gasteiger partial charge is 0.307 e. The van der Waals surface area contributed by atoms with E-state index in [4.69, 9.17) is 9.84 Å². The van der Waals surface area contributed by atoms with Gasteiger partial charge in [0.15, 0.2) is 0 Å². The second-order valence-corrected chi connectivity index (χ2v) is 6.79. The summed E-state index contributed by atoms with van der Waals surface area (Å²) in [6.45, 7) is 3.11. The molecule has 0 saturated carbocycles. The van der Waals surface area contributed by atoms with Crippen molar-refractivity contribution in [1.29, 1.82) is 0 Å². The molecule has 1 amide bonds. The molecule has 0 unspecified atom stereocenters. The molecule has 26 heavy (non-hydrogen) atoms. The molecular formula is C21H23NO4. The Bertz CT molecular complexity index is 792. The fraction of sp³-hybridized carbons (Fsp3) is 0.333. The minimum absolute atomic E-state index is 0.0688. The molecule has 0 atom stereocenters. The third-order valence-electron chi connectivity index (χ3n) is 4.93. The molecule has 0 radical (unpaired) electrons. The molecule has 0 aromatic heterocycles. The summed E-state index contributed by atoms with van der Waals surface area (Å²) in [6, 6.07) is 15.1. The van der Waals surface area contributed by atoms with Gasteiger partial charge in [-0.25, -0.2) is 0 Å². The number of aliphatic carboxylic acids is 1. The topological polar surface area (TPSA) is 75.6 Å². The summed E-state index contributed by atoms with van der Waals surface area (Å²) in [5, 5.41) is 11.9. The van der Waals surface area contributed by atoms with Gasteiger partial charge in [-0.15, -0.1) is 0 Å². The predicted molar refractivity (Wildman–Crippen MR) is 99.3 cm³/mol. The lowest BCUT2D eigenvalue weighted by molar-refractivity contribution is -0.136. The first-order valence-electron chi connectivity index (χ1n) is 8.77. The zero-order valence-corrected chi connectivity index (χ0v) is 14.8. The maximum Gasteiger partial charge on any atom is 0.307 e. The quantitative estimate of drug-likeness (QED) is 0.865. The van der Waals surface area contributed by atoms with Crippen LogP contribution in [0.2, 0.25) is 0 Å². The summed E-state index contributed by atoms with van der Waals surface area (Å²) in [5.41, 5.74) is 2.79. The SMILES string of the molecule is Cc1ccc(C2(C(=O)Nc3cccc(CC(=O)O)c3)CCOCC2)cc1. The molecule has 1 aliphatic heterocycles. The molecule has 1 saturated heterocycles. The lowest BCUT2D eigenvalue weighted by Crippen LogP contribution is -2.44.